The summed E-state index contributed by atoms with van der Waals surface area (Å²) in [4.78, 5) is 38.9. The maximum atomic E-state index is 12.5. The molecule has 0 saturated heterocycles. The lowest BCUT2D eigenvalue weighted by atomic mass is 10.0. The number of amides is 1. The van der Waals surface area contributed by atoms with Crippen molar-refractivity contribution in [2.75, 3.05) is 20.3 Å². The number of benzene rings is 2. The fourth-order valence-corrected chi connectivity index (χ4v) is 2.47. The molecule has 150 valence electrons. The molecule has 0 unspecified atom stereocenters. The molecule has 0 fully saturated rings. The summed E-state index contributed by atoms with van der Waals surface area (Å²) in [5.74, 6) is -0.259. The Morgan fingerprint density at radius 3 is 2.24 bits per heavy atom. The van der Waals surface area contributed by atoms with E-state index in [9.17, 15) is 14.4 Å². The van der Waals surface area contributed by atoms with Crippen LogP contribution < -0.4 is 10.1 Å². The van der Waals surface area contributed by atoms with Gasteiger partial charge in [-0.2, -0.15) is 4.99 Å². The fourth-order valence-electron chi connectivity index (χ4n) is 2.36. The van der Waals surface area contributed by atoms with Crippen LogP contribution in [0.4, 0.5) is 5.69 Å². The number of ether oxygens (including phenoxy) is 2. The van der Waals surface area contributed by atoms with Gasteiger partial charge in [0.1, 0.15) is 12.3 Å². The molecule has 0 saturated carbocycles. The normalized spacial score (nSPS) is 9.83. The van der Waals surface area contributed by atoms with Crippen LogP contribution in [-0.4, -0.2) is 43.1 Å². The summed E-state index contributed by atoms with van der Waals surface area (Å²) in [6.45, 7) is 0.189. The molecule has 1 N–H and O–H groups in total. The molecular weight excluding hydrogens is 392 g/mol. The molecule has 29 heavy (non-hydrogen) atoms. The monoisotopic (exact) mass is 412 g/mol. The Hall–Kier alpha value is -3.35. The first kappa shape index (κ1) is 21.9. The van der Waals surface area contributed by atoms with E-state index in [-0.39, 0.29) is 24.7 Å². The Kier molecular flexibility index (Phi) is 8.69. The molecule has 0 heterocycles. The predicted octanol–water partition coefficient (Wildman–Crippen LogP) is 3.10. The van der Waals surface area contributed by atoms with E-state index in [0.717, 1.165) is 0 Å². The molecule has 0 radical (unpaired) electrons. The number of isothiocyanates is 1. The van der Waals surface area contributed by atoms with E-state index in [4.69, 9.17) is 4.74 Å². The quantitative estimate of drug-likeness (QED) is 0.212. The first-order chi connectivity index (χ1) is 14.0. The van der Waals surface area contributed by atoms with Gasteiger partial charge in [-0.1, -0.05) is 0 Å². The van der Waals surface area contributed by atoms with E-state index in [0.29, 0.717) is 35.6 Å². The third-order valence-corrected chi connectivity index (χ3v) is 3.99. The van der Waals surface area contributed by atoms with Gasteiger partial charge in [-0.3, -0.25) is 14.4 Å². The van der Waals surface area contributed by atoms with E-state index < -0.39 is 5.97 Å². The largest absolute Gasteiger partial charge is 0.494 e. The average Bonchev–Trinajstić information content (AvgIpc) is 2.75. The van der Waals surface area contributed by atoms with Gasteiger partial charge in [0.2, 0.25) is 5.91 Å². The number of carbonyl (C=O) groups is 3. The van der Waals surface area contributed by atoms with Gasteiger partial charge in [-0.05, 0) is 67.2 Å². The maximum absolute atomic E-state index is 12.5. The molecule has 0 aliphatic carbocycles. The zero-order valence-corrected chi connectivity index (χ0v) is 16.7. The highest BCUT2D eigenvalue weighted by Gasteiger charge is 2.09. The van der Waals surface area contributed by atoms with Crippen LogP contribution in [0, 0.1) is 0 Å². The summed E-state index contributed by atoms with van der Waals surface area (Å²) in [6, 6.07) is 13.5. The second-order valence-electron chi connectivity index (χ2n) is 5.91. The number of aliphatic imine (C=N–C) groups is 1. The minimum atomic E-state index is -0.497. The summed E-state index contributed by atoms with van der Waals surface area (Å²) in [5.41, 5.74) is 1.71. The van der Waals surface area contributed by atoms with Crippen molar-refractivity contribution in [2.45, 2.75) is 12.8 Å². The topological polar surface area (TPSA) is 94.1 Å². The van der Waals surface area contributed by atoms with Crippen LogP contribution in [0.2, 0.25) is 0 Å². The predicted molar refractivity (Wildman–Crippen MR) is 111 cm³/mol. The molecule has 0 spiro atoms. The van der Waals surface area contributed by atoms with Crippen molar-refractivity contribution in [3.63, 3.8) is 0 Å². The van der Waals surface area contributed by atoms with E-state index >= 15 is 0 Å². The Balaban J connectivity index is 1.79. The van der Waals surface area contributed by atoms with Crippen molar-refractivity contribution < 1.29 is 23.9 Å². The van der Waals surface area contributed by atoms with Crippen molar-refractivity contribution in [3.05, 3.63) is 59.7 Å². The Bertz CT molecular complexity index is 904. The van der Waals surface area contributed by atoms with Crippen LogP contribution in [0.3, 0.4) is 0 Å². The molecule has 0 aliphatic rings. The molecule has 8 heteroatoms. The van der Waals surface area contributed by atoms with Crippen LogP contribution in [-0.2, 0) is 14.3 Å². The summed E-state index contributed by atoms with van der Waals surface area (Å²) in [5, 5.41) is 4.74. The zero-order chi connectivity index (χ0) is 21.1. The highest BCUT2D eigenvalue weighted by molar-refractivity contribution is 7.78. The number of ketones is 1. The lowest BCUT2D eigenvalue weighted by Crippen LogP contribution is -2.30. The Morgan fingerprint density at radius 1 is 1.03 bits per heavy atom. The van der Waals surface area contributed by atoms with Gasteiger partial charge in [-0.15, -0.1) is 0 Å². The molecular formula is C21H20N2O5S. The second-order valence-corrected chi connectivity index (χ2v) is 6.09. The average molecular weight is 412 g/mol. The van der Waals surface area contributed by atoms with Gasteiger partial charge in [0, 0.05) is 17.5 Å². The van der Waals surface area contributed by atoms with E-state index in [2.05, 4.69) is 32.4 Å². The third kappa shape index (κ3) is 7.29. The number of methoxy groups -OCH3 is 1. The molecule has 1 amide bonds. The number of carbonyl (C=O) groups excluding carboxylic acids is 3. The van der Waals surface area contributed by atoms with Crippen molar-refractivity contribution in [1.29, 1.82) is 0 Å². The highest BCUT2D eigenvalue weighted by Crippen LogP contribution is 2.18. The highest BCUT2D eigenvalue weighted by atomic mass is 32.1. The van der Waals surface area contributed by atoms with Gasteiger partial charge < -0.3 is 14.8 Å². The van der Waals surface area contributed by atoms with Crippen molar-refractivity contribution in [1.82, 2.24) is 5.32 Å². The number of hydrogen-bond donors (Lipinski definition) is 1. The molecule has 0 aromatic heterocycles. The standard InChI is InChI=1S/C21H20N2O5S/c1-27-20(25)13-22-19(24)3-2-12-28-18-10-6-16(7-11-18)21(26)15-4-8-17(9-5-15)23-14-29/h4-11H,2-3,12-13H2,1H3,(H,22,24). The van der Waals surface area contributed by atoms with Gasteiger partial charge in [0.25, 0.3) is 0 Å². The van der Waals surface area contributed by atoms with E-state index in [1.807, 2.05) is 0 Å². The Morgan fingerprint density at radius 2 is 1.66 bits per heavy atom. The first-order valence-electron chi connectivity index (χ1n) is 8.82. The van der Waals surface area contributed by atoms with Crippen LogP contribution in [0.25, 0.3) is 0 Å². The van der Waals surface area contributed by atoms with Crippen LogP contribution >= 0.6 is 12.2 Å². The number of hydrogen-bond acceptors (Lipinski definition) is 7. The minimum absolute atomic E-state index is 0.114. The van der Waals surface area contributed by atoms with Gasteiger partial charge in [-0.25, -0.2) is 0 Å². The van der Waals surface area contributed by atoms with E-state index in [1.54, 1.807) is 48.5 Å². The molecule has 0 aliphatic heterocycles. The van der Waals surface area contributed by atoms with E-state index in [1.165, 1.54) is 7.11 Å². The summed E-state index contributed by atoms with van der Waals surface area (Å²) in [6.07, 6.45) is 0.723. The van der Waals surface area contributed by atoms with Crippen LogP contribution in [0.1, 0.15) is 28.8 Å². The van der Waals surface area contributed by atoms with Gasteiger partial charge in [0.05, 0.1) is 24.6 Å². The molecule has 2 aromatic carbocycles. The van der Waals surface area contributed by atoms with Crippen LogP contribution in [0.5, 0.6) is 5.75 Å². The third-order valence-electron chi connectivity index (χ3n) is 3.90. The molecule has 7 nitrogen and oxygen atoms in total. The van der Waals surface area contributed by atoms with Crippen molar-refractivity contribution in [3.8, 4) is 5.75 Å². The number of nitrogens with zero attached hydrogens (tertiary/aromatic N) is 1. The second kappa shape index (κ2) is 11.5. The summed E-state index contributed by atoms with van der Waals surface area (Å²) in [7, 11) is 1.26. The maximum Gasteiger partial charge on any atom is 0.325 e. The van der Waals surface area contributed by atoms with Crippen molar-refractivity contribution in [2.24, 2.45) is 4.99 Å². The Labute approximate surface area is 173 Å². The fraction of sp³-hybridized carbons (Fsp3) is 0.238. The smallest absolute Gasteiger partial charge is 0.325 e. The van der Waals surface area contributed by atoms with Gasteiger partial charge in [0.15, 0.2) is 5.78 Å². The zero-order valence-electron chi connectivity index (χ0n) is 15.8. The molecule has 2 aromatic rings. The molecule has 0 bridgehead atoms. The number of thiocarbonyl (C=S) groups is 1. The summed E-state index contributed by atoms with van der Waals surface area (Å²) >= 11 is 4.55. The first-order valence-corrected chi connectivity index (χ1v) is 9.23. The lowest BCUT2D eigenvalue weighted by Gasteiger charge is -2.08. The molecule has 2 rings (SSSR count). The number of esters is 1. The van der Waals surface area contributed by atoms with Gasteiger partial charge >= 0.3 is 5.97 Å². The molecule has 0 atom stereocenters. The van der Waals surface area contributed by atoms with Crippen molar-refractivity contribution >= 4 is 40.7 Å². The lowest BCUT2D eigenvalue weighted by molar-refractivity contribution is -0.141. The minimum Gasteiger partial charge on any atom is -0.494 e. The number of nitrogens with one attached hydrogen (secondary N) is 1. The summed E-state index contributed by atoms with van der Waals surface area (Å²) < 4.78 is 10.0. The SMILES string of the molecule is COC(=O)CNC(=O)CCCOc1ccc(C(=O)c2ccc(N=C=S)cc2)cc1. The number of rotatable bonds is 10. The van der Waals surface area contributed by atoms with Crippen LogP contribution in [0.15, 0.2) is 53.5 Å².